The third-order valence-corrected chi connectivity index (χ3v) is 3.59. The van der Waals surface area contributed by atoms with Crippen LogP contribution in [0.5, 0.6) is 5.75 Å². The van der Waals surface area contributed by atoms with E-state index in [0.29, 0.717) is 5.75 Å². The maximum Gasteiger partial charge on any atom is 0.378 e. The summed E-state index contributed by atoms with van der Waals surface area (Å²) in [4.78, 5) is 20.8. The molecule has 0 atom stereocenters. The van der Waals surface area contributed by atoms with Gasteiger partial charge in [0.05, 0.1) is 0 Å². The Morgan fingerprint density at radius 3 is 2.14 bits per heavy atom. The molecular weight excluding hydrogens is 276 g/mol. The minimum absolute atomic E-state index is 0.110. The Balaban J connectivity index is 2.10. The highest BCUT2D eigenvalue weighted by molar-refractivity contribution is 5.81. The third kappa shape index (κ3) is 3.76. The predicted molar refractivity (Wildman–Crippen MR) is 86.5 cm³/mol. The summed E-state index contributed by atoms with van der Waals surface area (Å²) in [6, 6.07) is 17.9. The molecule has 0 amide bonds. The normalized spacial score (nSPS) is 11.4. The molecule has 2 aromatic rings. The van der Waals surface area contributed by atoms with Crippen LogP contribution in [0.2, 0.25) is 0 Å². The molecule has 0 aromatic heterocycles. The summed E-state index contributed by atoms with van der Waals surface area (Å²) in [5, 5.41) is 0. The summed E-state index contributed by atoms with van der Waals surface area (Å²) in [6.45, 7) is 6.08. The van der Waals surface area contributed by atoms with Gasteiger partial charge < -0.3 is 0 Å². The second-order valence-electron chi connectivity index (χ2n) is 5.50. The van der Waals surface area contributed by atoms with Gasteiger partial charge in [-0.3, -0.25) is 4.89 Å². The van der Waals surface area contributed by atoms with Gasteiger partial charge >= 0.3 is 5.97 Å². The average Bonchev–Trinajstić information content (AvgIpc) is 2.54. The molecule has 3 heteroatoms. The Labute approximate surface area is 131 Å². The molecule has 0 unspecified atom stereocenters. The molecule has 3 nitrogen and oxygen atoms in total. The van der Waals surface area contributed by atoms with E-state index in [0.717, 1.165) is 5.56 Å². The molecule has 0 fully saturated rings. The minimum Gasteiger partial charge on any atom is -0.287 e. The predicted octanol–water partition coefficient (Wildman–Crippen LogP) is 4.43. The van der Waals surface area contributed by atoms with Crippen LogP contribution in [0.25, 0.3) is 0 Å². The van der Waals surface area contributed by atoms with E-state index in [9.17, 15) is 4.79 Å². The molecule has 0 aliphatic heterocycles. The van der Waals surface area contributed by atoms with Gasteiger partial charge in [-0.2, -0.15) is 0 Å². The van der Waals surface area contributed by atoms with Crippen molar-refractivity contribution in [3.63, 3.8) is 0 Å². The van der Waals surface area contributed by atoms with Gasteiger partial charge in [-0.25, -0.2) is 9.68 Å². The zero-order valence-electron chi connectivity index (χ0n) is 13.1. The summed E-state index contributed by atoms with van der Waals surface area (Å²) >= 11 is 0. The Bertz CT molecular complexity index is 640. The van der Waals surface area contributed by atoms with Gasteiger partial charge in [0.25, 0.3) is 0 Å². The fourth-order valence-corrected chi connectivity index (χ4v) is 2.20. The molecule has 0 aliphatic rings. The summed E-state index contributed by atoms with van der Waals surface area (Å²) < 4.78 is 0. The van der Waals surface area contributed by atoms with Crippen LogP contribution in [0, 0.1) is 0 Å². The summed E-state index contributed by atoms with van der Waals surface area (Å²) in [7, 11) is 0. The van der Waals surface area contributed by atoms with E-state index in [2.05, 4.69) is 30.9 Å². The lowest BCUT2D eigenvalue weighted by molar-refractivity contribution is -0.207. The third-order valence-electron chi connectivity index (χ3n) is 3.59. The second-order valence-corrected chi connectivity index (χ2v) is 5.50. The number of rotatable bonds is 5. The smallest absolute Gasteiger partial charge is 0.287 e. The number of allylic oxidation sites excluding steroid dienone is 1. The van der Waals surface area contributed by atoms with E-state index in [1.54, 1.807) is 25.1 Å². The first-order valence-electron chi connectivity index (χ1n) is 7.21. The van der Waals surface area contributed by atoms with Crippen molar-refractivity contribution in [1.82, 2.24) is 0 Å². The zero-order chi connectivity index (χ0) is 16.0. The monoisotopic (exact) mass is 296 g/mol. The lowest BCUT2D eigenvalue weighted by atomic mass is 9.78. The van der Waals surface area contributed by atoms with Crippen LogP contribution >= 0.6 is 0 Å². The van der Waals surface area contributed by atoms with Gasteiger partial charge in [0.2, 0.25) is 0 Å². The van der Waals surface area contributed by atoms with Gasteiger partial charge in [-0.05, 0) is 30.2 Å². The van der Waals surface area contributed by atoms with Crippen molar-refractivity contribution in [2.75, 3.05) is 0 Å². The molecular formula is C19H20O3. The number of hydrogen-bond donors (Lipinski definition) is 0. The quantitative estimate of drug-likeness (QED) is 0.465. The highest BCUT2D eigenvalue weighted by Gasteiger charge is 2.22. The number of benzene rings is 2. The van der Waals surface area contributed by atoms with Crippen LogP contribution in [0.15, 0.2) is 66.7 Å². The highest BCUT2D eigenvalue weighted by atomic mass is 17.2. The lowest BCUT2D eigenvalue weighted by Crippen LogP contribution is -2.18. The van der Waals surface area contributed by atoms with Crippen molar-refractivity contribution in [2.24, 2.45) is 0 Å². The van der Waals surface area contributed by atoms with Crippen molar-refractivity contribution >= 4 is 5.97 Å². The van der Waals surface area contributed by atoms with Crippen molar-refractivity contribution in [3.8, 4) is 5.75 Å². The first-order valence-corrected chi connectivity index (χ1v) is 7.21. The largest absolute Gasteiger partial charge is 0.378 e. The van der Waals surface area contributed by atoms with Gasteiger partial charge in [-0.15, -0.1) is 0 Å². The molecule has 0 heterocycles. The number of carbonyl (C=O) groups is 1. The highest BCUT2D eigenvalue weighted by Crippen LogP contribution is 2.32. The van der Waals surface area contributed by atoms with E-state index in [1.807, 2.05) is 30.3 Å². The van der Waals surface area contributed by atoms with Crippen LogP contribution < -0.4 is 4.89 Å². The minimum atomic E-state index is -0.531. The van der Waals surface area contributed by atoms with Crippen LogP contribution in [-0.4, -0.2) is 5.97 Å². The molecule has 114 valence electrons. The Morgan fingerprint density at radius 1 is 0.955 bits per heavy atom. The van der Waals surface area contributed by atoms with Crippen LogP contribution in [-0.2, 0) is 15.1 Å². The SMILES string of the molecule is CC=CC(=O)OOc1ccc(C(C)(C)c2ccccc2)cc1. The lowest BCUT2D eigenvalue weighted by Gasteiger charge is -2.26. The van der Waals surface area contributed by atoms with Gasteiger partial charge in [0.1, 0.15) is 0 Å². The Hall–Kier alpha value is -2.55. The molecule has 0 saturated carbocycles. The molecule has 0 radical (unpaired) electrons. The van der Waals surface area contributed by atoms with E-state index < -0.39 is 5.97 Å². The maximum atomic E-state index is 11.2. The number of hydrogen-bond acceptors (Lipinski definition) is 3. The Kier molecular flexibility index (Phi) is 4.99. The second kappa shape index (κ2) is 6.94. The van der Waals surface area contributed by atoms with E-state index in [1.165, 1.54) is 11.6 Å². The van der Waals surface area contributed by atoms with Crippen molar-refractivity contribution in [3.05, 3.63) is 77.9 Å². The van der Waals surface area contributed by atoms with Gasteiger partial charge in [0, 0.05) is 11.5 Å². The topological polar surface area (TPSA) is 35.5 Å². The maximum absolute atomic E-state index is 11.2. The summed E-state index contributed by atoms with van der Waals surface area (Å²) in [5.74, 6) is -0.0401. The average molecular weight is 296 g/mol. The molecule has 0 spiro atoms. The molecule has 22 heavy (non-hydrogen) atoms. The van der Waals surface area contributed by atoms with Crippen molar-refractivity contribution in [2.45, 2.75) is 26.2 Å². The summed E-state index contributed by atoms with van der Waals surface area (Å²) in [5.41, 5.74) is 2.29. The van der Waals surface area contributed by atoms with Gasteiger partial charge in [0.15, 0.2) is 5.75 Å². The fraction of sp³-hybridized carbons (Fsp3) is 0.211. The fourth-order valence-electron chi connectivity index (χ4n) is 2.20. The molecule has 0 bridgehead atoms. The van der Waals surface area contributed by atoms with Crippen LogP contribution in [0.3, 0.4) is 0 Å². The molecule has 0 aliphatic carbocycles. The van der Waals surface area contributed by atoms with Crippen LogP contribution in [0.1, 0.15) is 31.9 Å². The molecule has 2 rings (SSSR count). The first-order chi connectivity index (χ1) is 10.5. The van der Waals surface area contributed by atoms with Gasteiger partial charge in [-0.1, -0.05) is 62.4 Å². The van der Waals surface area contributed by atoms with E-state index in [-0.39, 0.29) is 5.41 Å². The van der Waals surface area contributed by atoms with Crippen LogP contribution in [0.4, 0.5) is 0 Å². The van der Waals surface area contributed by atoms with E-state index in [4.69, 9.17) is 4.89 Å². The van der Waals surface area contributed by atoms with Crippen molar-refractivity contribution in [1.29, 1.82) is 0 Å². The first kappa shape index (κ1) is 15.8. The van der Waals surface area contributed by atoms with Crippen molar-refractivity contribution < 1.29 is 14.6 Å². The molecule has 0 saturated heterocycles. The molecule has 0 N–H and O–H groups in total. The van der Waals surface area contributed by atoms with E-state index >= 15 is 0 Å². The standard InChI is InChI=1S/C19H20O3/c1-4-8-18(20)22-21-17-13-11-16(12-14-17)19(2,3)15-9-6-5-7-10-15/h4-14H,1-3H3. The zero-order valence-corrected chi connectivity index (χ0v) is 13.1. The summed E-state index contributed by atoms with van der Waals surface area (Å²) in [6.07, 6.45) is 2.89. The molecule has 2 aromatic carbocycles. The Morgan fingerprint density at radius 2 is 1.55 bits per heavy atom. The number of carbonyl (C=O) groups excluding carboxylic acids is 1.